The molecule has 4 atom stereocenters. The number of hydrogen-bond donors (Lipinski definition) is 0. The van der Waals surface area contributed by atoms with E-state index in [1.54, 1.807) is 26.0 Å². The van der Waals surface area contributed by atoms with Gasteiger partial charge in [0.15, 0.2) is 11.6 Å². The lowest BCUT2D eigenvalue weighted by atomic mass is 9.79. The third-order valence-electron chi connectivity index (χ3n) is 9.29. The van der Waals surface area contributed by atoms with E-state index in [1.807, 2.05) is 36.4 Å². The SMILES string of the molecule is CC1OC(C)C(OCc2ccccc2)CC1OCc1ccccc1.CCOC(=O)c1c(OC)cc2c(c1C)C(=O)c1c(OC)ccc(OC)c1C2=O. The Labute approximate surface area is 304 Å². The largest absolute Gasteiger partial charge is 0.496 e. The Morgan fingerprint density at radius 2 is 1.17 bits per heavy atom. The van der Waals surface area contributed by atoms with Crippen LogP contribution in [0.15, 0.2) is 78.9 Å². The maximum Gasteiger partial charge on any atom is 0.342 e. The minimum absolute atomic E-state index is 0.0576. The van der Waals surface area contributed by atoms with Gasteiger partial charge in [-0.2, -0.15) is 0 Å². The second-order valence-corrected chi connectivity index (χ2v) is 12.6. The summed E-state index contributed by atoms with van der Waals surface area (Å²) in [6.07, 6.45) is 1.15. The summed E-state index contributed by atoms with van der Waals surface area (Å²) in [7, 11) is 4.22. The summed E-state index contributed by atoms with van der Waals surface area (Å²) in [5, 5.41) is 0. The molecule has 0 radical (unpaired) electrons. The second-order valence-electron chi connectivity index (χ2n) is 12.6. The molecule has 1 fully saturated rings. The van der Waals surface area contributed by atoms with Crippen LogP contribution in [0.2, 0.25) is 0 Å². The van der Waals surface area contributed by atoms with Crippen molar-refractivity contribution < 1.29 is 47.5 Å². The van der Waals surface area contributed by atoms with E-state index in [9.17, 15) is 14.4 Å². The van der Waals surface area contributed by atoms with Gasteiger partial charge < -0.3 is 33.2 Å². The molecule has 10 nitrogen and oxygen atoms in total. The molecule has 1 heterocycles. The molecule has 4 aromatic rings. The molecular formula is C42H46O10. The summed E-state index contributed by atoms with van der Waals surface area (Å²) in [6.45, 7) is 8.83. The van der Waals surface area contributed by atoms with Crippen LogP contribution in [-0.4, -0.2) is 69.9 Å². The van der Waals surface area contributed by atoms with E-state index in [-0.39, 0.29) is 76.1 Å². The van der Waals surface area contributed by atoms with E-state index in [0.717, 1.165) is 6.42 Å². The zero-order valence-electron chi connectivity index (χ0n) is 30.7. The third-order valence-corrected chi connectivity index (χ3v) is 9.29. The number of hydrogen-bond acceptors (Lipinski definition) is 10. The van der Waals surface area contributed by atoms with Gasteiger partial charge in [0.1, 0.15) is 22.8 Å². The number of methoxy groups -OCH3 is 3. The minimum atomic E-state index is -0.622. The number of ketones is 2. The van der Waals surface area contributed by atoms with Gasteiger partial charge in [-0.25, -0.2) is 4.79 Å². The molecule has 0 bridgehead atoms. The third kappa shape index (κ3) is 8.20. The van der Waals surface area contributed by atoms with Gasteiger partial charge in [0.05, 0.1) is 76.7 Å². The van der Waals surface area contributed by atoms with Crippen molar-refractivity contribution in [3.05, 3.63) is 123 Å². The van der Waals surface area contributed by atoms with Crippen molar-refractivity contribution in [2.45, 2.75) is 71.7 Å². The first-order valence-electron chi connectivity index (χ1n) is 17.3. The number of benzene rings is 4. The summed E-state index contributed by atoms with van der Waals surface area (Å²) in [6, 6.07) is 25.1. The van der Waals surface area contributed by atoms with Crippen LogP contribution in [0.1, 0.15) is 86.1 Å². The van der Waals surface area contributed by atoms with E-state index < -0.39 is 17.5 Å². The van der Waals surface area contributed by atoms with Crippen molar-refractivity contribution in [2.24, 2.45) is 0 Å². The first-order chi connectivity index (χ1) is 25.1. The van der Waals surface area contributed by atoms with E-state index >= 15 is 0 Å². The molecular weight excluding hydrogens is 664 g/mol. The van der Waals surface area contributed by atoms with Crippen LogP contribution in [0.3, 0.4) is 0 Å². The molecule has 52 heavy (non-hydrogen) atoms. The zero-order chi connectivity index (χ0) is 37.4. The fourth-order valence-electron chi connectivity index (χ4n) is 6.58. The molecule has 0 N–H and O–H groups in total. The zero-order valence-corrected chi connectivity index (χ0v) is 30.7. The highest BCUT2D eigenvalue weighted by atomic mass is 16.6. The van der Waals surface area contributed by atoms with Crippen LogP contribution in [0.25, 0.3) is 0 Å². The maximum absolute atomic E-state index is 13.4. The Balaban J connectivity index is 0.000000203. The number of carbonyl (C=O) groups excluding carboxylic acids is 3. The Morgan fingerprint density at radius 3 is 1.63 bits per heavy atom. The van der Waals surface area contributed by atoms with Gasteiger partial charge in [-0.3, -0.25) is 9.59 Å². The van der Waals surface area contributed by atoms with Crippen LogP contribution in [0, 0.1) is 6.92 Å². The van der Waals surface area contributed by atoms with Crippen LogP contribution < -0.4 is 14.2 Å². The molecule has 274 valence electrons. The predicted molar refractivity (Wildman–Crippen MR) is 195 cm³/mol. The van der Waals surface area contributed by atoms with E-state index in [1.165, 1.54) is 38.5 Å². The topological polar surface area (TPSA) is 116 Å². The Bertz CT molecular complexity index is 1820. The lowest BCUT2D eigenvalue weighted by molar-refractivity contribution is -0.191. The first-order valence-corrected chi connectivity index (χ1v) is 17.3. The van der Waals surface area contributed by atoms with Crippen molar-refractivity contribution in [3.63, 3.8) is 0 Å². The smallest absolute Gasteiger partial charge is 0.342 e. The predicted octanol–water partition coefficient (Wildman–Crippen LogP) is 7.33. The molecule has 0 spiro atoms. The molecule has 2 aliphatic rings. The minimum Gasteiger partial charge on any atom is -0.496 e. The molecule has 1 aliphatic carbocycles. The Hall–Kier alpha value is -5.03. The monoisotopic (exact) mass is 710 g/mol. The average Bonchev–Trinajstić information content (AvgIpc) is 3.16. The highest BCUT2D eigenvalue weighted by Gasteiger charge is 2.39. The van der Waals surface area contributed by atoms with Gasteiger partial charge in [-0.1, -0.05) is 60.7 Å². The van der Waals surface area contributed by atoms with Crippen molar-refractivity contribution in [1.29, 1.82) is 0 Å². The lowest BCUT2D eigenvalue weighted by Gasteiger charge is -2.38. The number of carbonyl (C=O) groups is 3. The van der Waals surface area contributed by atoms with E-state index in [2.05, 4.69) is 38.1 Å². The summed E-state index contributed by atoms with van der Waals surface area (Å²) >= 11 is 0. The van der Waals surface area contributed by atoms with E-state index in [4.69, 9.17) is 33.2 Å². The molecule has 0 amide bonds. The van der Waals surface area contributed by atoms with Gasteiger partial charge in [0.2, 0.25) is 0 Å². The van der Waals surface area contributed by atoms with Crippen LogP contribution in [0.4, 0.5) is 0 Å². The quantitative estimate of drug-likeness (QED) is 0.129. The summed E-state index contributed by atoms with van der Waals surface area (Å²) < 4.78 is 39.3. The average molecular weight is 711 g/mol. The normalized spacial score (nSPS) is 19.1. The van der Waals surface area contributed by atoms with E-state index in [0.29, 0.717) is 18.8 Å². The van der Waals surface area contributed by atoms with Gasteiger partial charge in [0.25, 0.3) is 0 Å². The van der Waals surface area contributed by atoms with Crippen LogP contribution in [0.5, 0.6) is 17.2 Å². The number of esters is 1. The molecule has 0 saturated carbocycles. The fraction of sp³-hybridized carbons (Fsp3) is 0.357. The van der Waals surface area contributed by atoms with Crippen LogP contribution >= 0.6 is 0 Å². The first kappa shape index (κ1) is 38.2. The Kier molecular flexibility index (Phi) is 12.8. The molecule has 1 aliphatic heterocycles. The molecule has 4 unspecified atom stereocenters. The summed E-state index contributed by atoms with van der Waals surface area (Å²) in [5.74, 6) is -0.758. The molecule has 1 saturated heterocycles. The second kappa shape index (κ2) is 17.5. The molecule has 6 rings (SSSR count). The Morgan fingerprint density at radius 1 is 0.692 bits per heavy atom. The van der Waals surface area contributed by atoms with Gasteiger partial charge in [-0.15, -0.1) is 0 Å². The number of rotatable bonds is 11. The lowest BCUT2D eigenvalue weighted by Crippen LogP contribution is -2.46. The van der Waals surface area contributed by atoms with Crippen molar-refractivity contribution in [3.8, 4) is 17.2 Å². The number of fused-ring (bicyclic) bond motifs is 2. The van der Waals surface area contributed by atoms with Gasteiger partial charge in [-0.05, 0) is 62.6 Å². The number of ether oxygens (including phenoxy) is 7. The molecule has 10 heteroatoms. The highest BCUT2D eigenvalue weighted by Crippen LogP contribution is 2.42. The highest BCUT2D eigenvalue weighted by molar-refractivity contribution is 6.31. The van der Waals surface area contributed by atoms with Crippen LogP contribution in [-0.2, 0) is 32.2 Å². The fourth-order valence-corrected chi connectivity index (χ4v) is 6.58. The van der Waals surface area contributed by atoms with Gasteiger partial charge >= 0.3 is 5.97 Å². The summed E-state index contributed by atoms with van der Waals surface area (Å²) in [5.41, 5.74) is 3.33. The summed E-state index contributed by atoms with van der Waals surface area (Å²) in [4.78, 5) is 39.1. The molecule has 4 aromatic carbocycles. The standard InChI is InChI=1S/C21H20O7.C21H26O3/c1-6-28-21(24)16-10(2)15-11(9-14(16)27-5)19(22)17-12(25-3)7-8-13(26-4)18(17)20(15)23;1-16-20(22-14-18-9-5-3-6-10-18)13-21(17(2)24-16)23-15-19-11-7-4-8-12-19/h7-9H,6H2,1-5H3;3-12,16-17,20-21H,13-15H2,1-2H3. The maximum atomic E-state index is 13.4. The van der Waals surface area contributed by atoms with Crippen molar-refractivity contribution >= 4 is 17.5 Å². The van der Waals surface area contributed by atoms with Crippen molar-refractivity contribution in [1.82, 2.24) is 0 Å². The van der Waals surface area contributed by atoms with Crippen molar-refractivity contribution in [2.75, 3.05) is 27.9 Å². The molecule has 0 aromatic heterocycles. The van der Waals surface area contributed by atoms with Gasteiger partial charge in [0, 0.05) is 17.5 Å².